The summed E-state index contributed by atoms with van der Waals surface area (Å²) in [6, 6.07) is 0. The van der Waals surface area contributed by atoms with Crippen LogP contribution >= 0.6 is 0 Å². The first-order chi connectivity index (χ1) is 12.0. The molecular weight excluding hydrogens is 316 g/mol. The highest BCUT2D eigenvalue weighted by Crippen LogP contribution is 2.21. The second kappa shape index (κ2) is 5.94. The van der Waals surface area contributed by atoms with E-state index in [1.165, 1.54) is 6.42 Å². The van der Waals surface area contributed by atoms with Gasteiger partial charge >= 0.3 is 0 Å². The molecule has 1 saturated heterocycles. The lowest BCUT2D eigenvalue weighted by Crippen LogP contribution is -2.20. The average Bonchev–Trinajstić information content (AvgIpc) is 3.28. The van der Waals surface area contributed by atoms with Gasteiger partial charge in [-0.15, -0.1) is 10.2 Å². The van der Waals surface area contributed by atoms with Crippen LogP contribution in [-0.2, 0) is 7.05 Å². The van der Waals surface area contributed by atoms with Crippen molar-refractivity contribution in [3.63, 3.8) is 0 Å². The second-order valence-electron chi connectivity index (χ2n) is 6.76. The van der Waals surface area contributed by atoms with E-state index in [0.717, 1.165) is 41.9 Å². The molecule has 1 aliphatic rings. The maximum absolute atomic E-state index is 4.65. The summed E-state index contributed by atoms with van der Waals surface area (Å²) in [6.45, 7) is 8.20. The van der Waals surface area contributed by atoms with Gasteiger partial charge in [-0.05, 0) is 38.3 Å². The van der Waals surface area contributed by atoms with Gasteiger partial charge in [-0.1, -0.05) is 6.92 Å². The standard InChI is InChI=1S/C17H22N8/c1-11-7-8-24(10-11)17-20-15(23(4)22-17)6-5-14-19-16-13(3)18-9-12(2)25(16)21-14/h5-6,9,11H,7-8,10H2,1-4H3/b6-5+/t11-/m0/s1. The second-order valence-corrected chi connectivity index (χ2v) is 6.76. The lowest BCUT2D eigenvalue weighted by Gasteiger charge is -2.11. The Morgan fingerprint density at radius 1 is 1.16 bits per heavy atom. The van der Waals surface area contributed by atoms with Gasteiger partial charge in [0.2, 0.25) is 5.95 Å². The smallest absolute Gasteiger partial charge is 0.245 e. The van der Waals surface area contributed by atoms with Crippen LogP contribution in [0.5, 0.6) is 0 Å². The molecule has 8 heteroatoms. The van der Waals surface area contributed by atoms with Gasteiger partial charge in [0.1, 0.15) is 0 Å². The molecule has 0 aliphatic carbocycles. The Hall–Kier alpha value is -2.77. The number of anilines is 1. The van der Waals surface area contributed by atoms with Crippen molar-refractivity contribution < 1.29 is 0 Å². The molecule has 0 bridgehead atoms. The highest BCUT2D eigenvalue weighted by molar-refractivity contribution is 5.65. The first kappa shape index (κ1) is 15.7. The molecule has 4 heterocycles. The number of aromatic nitrogens is 7. The minimum Gasteiger partial charge on any atom is -0.339 e. The molecule has 3 aromatic heterocycles. The van der Waals surface area contributed by atoms with Crippen LogP contribution in [0.3, 0.4) is 0 Å². The van der Waals surface area contributed by atoms with Gasteiger partial charge in [0, 0.05) is 26.3 Å². The first-order valence-corrected chi connectivity index (χ1v) is 8.54. The Kier molecular flexibility index (Phi) is 3.74. The molecule has 0 spiro atoms. The van der Waals surface area contributed by atoms with Crippen LogP contribution in [0.1, 0.15) is 36.4 Å². The lowest BCUT2D eigenvalue weighted by molar-refractivity contribution is 0.657. The topological polar surface area (TPSA) is 77.0 Å². The molecule has 25 heavy (non-hydrogen) atoms. The van der Waals surface area contributed by atoms with Gasteiger partial charge in [0.15, 0.2) is 17.3 Å². The molecule has 4 rings (SSSR count). The summed E-state index contributed by atoms with van der Waals surface area (Å²) in [7, 11) is 1.91. The Bertz CT molecular complexity index is 912. The van der Waals surface area contributed by atoms with Crippen LogP contribution in [0.15, 0.2) is 6.20 Å². The van der Waals surface area contributed by atoms with E-state index in [0.29, 0.717) is 11.7 Å². The summed E-state index contributed by atoms with van der Waals surface area (Å²) in [5.41, 5.74) is 2.60. The number of hydrogen-bond acceptors (Lipinski definition) is 6. The molecule has 130 valence electrons. The minimum atomic E-state index is 0.638. The fraction of sp³-hybridized carbons (Fsp3) is 0.471. The summed E-state index contributed by atoms with van der Waals surface area (Å²) in [5.74, 6) is 2.92. The molecule has 1 atom stereocenters. The van der Waals surface area contributed by atoms with Crippen LogP contribution in [0, 0.1) is 19.8 Å². The van der Waals surface area contributed by atoms with Crippen molar-refractivity contribution in [3.8, 4) is 0 Å². The maximum Gasteiger partial charge on any atom is 0.245 e. The first-order valence-electron chi connectivity index (χ1n) is 8.54. The van der Waals surface area contributed by atoms with Crippen molar-refractivity contribution in [2.45, 2.75) is 27.2 Å². The monoisotopic (exact) mass is 338 g/mol. The van der Waals surface area contributed by atoms with Crippen molar-refractivity contribution in [1.29, 1.82) is 0 Å². The molecule has 1 aliphatic heterocycles. The molecule has 1 fully saturated rings. The van der Waals surface area contributed by atoms with Crippen LogP contribution < -0.4 is 4.90 Å². The van der Waals surface area contributed by atoms with Crippen LogP contribution in [0.4, 0.5) is 5.95 Å². The van der Waals surface area contributed by atoms with Gasteiger partial charge in [0.25, 0.3) is 0 Å². The quantitative estimate of drug-likeness (QED) is 0.726. The van der Waals surface area contributed by atoms with Crippen molar-refractivity contribution in [1.82, 2.24) is 34.3 Å². The van der Waals surface area contributed by atoms with Crippen molar-refractivity contribution in [3.05, 3.63) is 29.2 Å². The van der Waals surface area contributed by atoms with Crippen LogP contribution in [-0.4, -0.2) is 47.4 Å². The van der Waals surface area contributed by atoms with E-state index in [9.17, 15) is 0 Å². The zero-order valence-electron chi connectivity index (χ0n) is 15.0. The van der Waals surface area contributed by atoms with E-state index >= 15 is 0 Å². The van der Waals surface area contributed by atoms with Crippen molar-refractivity contribution in [2.75, 3.05) is 18.0 Å². The molecule has 0 saturated carbocycles. The Morgan fingerprint density at radius 2 is 2.00 bits per heavy atom. The van der Waals surface area contributed by atoms with Crippen molar-refractivity contribution >= 4 is 23.7 Å². The highest BCUT2D eigenvalue weighted by Gasteiger charge is 2.22. The van der Waals surface area contributed by atoms with Crippen LogP contribution in [0.2, 0.25) is 0 Å². The molecular formula is C17H22N8. The Labute approximate surface area is 146 Å². The Morgan fingerprint density at radius 3 is 2.72 bits per heavy atom. The highest BCUT2D eigenvalue weighted by atomic mass is 15.4. The predicted molar refractivity (Wildman–Crippen MR) is 96.2 cm³/mol. The Balaban J connectivity index is 1.61. The molecule has 3 aromatic rings. The van der Waals surface area contributed by atoms with Crippen LogP contribution in [0.25, 0.3) is 17.8 Å². The lowest BCUT2D eigenvalue weighted by atomic mass is 10.2. The van der Waals surface area contributed by atoms with Gasteiger partial charge in [-0.25, -0.2) is 14.2 Å². The van der Waals surface area contributed by atoms with Gasteiger partial charge in [-0.3, -0.25) is 4.98 Å². The largest absolute Gasteiger partial charge is 0.339 e. The summed E-state index contributed by atoms with van der Waals surface area (Å²) in [4.78, 5) is 15.8. The zero-order valence-corrected chi connectivity index (χ0v) is 15.0. The zero-order chi connectivity index (χ0) is 17.6. The summed E-state index contributed by atoms with van der Waals surface area (Å²) >= 11 is 0. The minimum absolute atomic E-state index is 0.638. The third-order valence-corrected chi connectivity index (χ3v) is 4.60. The third-order valence-electron chi connectivity index (χ3n) is 4.60. The van der Waals surface area contributed by atoms with Gasteiger partial charge in [-0.2, -0.15) is 4.98 Å². The summed E-state index contributed by atoms with van der Waals surface area (Å²) < 4.78 is 3.61. The fourth-order valence-corrected chi connectivity index (χ4v) is 3.11. The van der Waals surface area contributed by atoms with E-state index in [-0.39, 0.29) is 0 Å². The SMILES string of the molecule is Cc1ncc(C)n2nc(/C=C/c3nc(N4CC[C@H](C)C4)nn3C)nc12. The van der Waals surface area contributed by atoms with Gasteiger partial charge in [0.05, 0.1) is 11.4 Å². The molecule has 0 N–H and O–H groups in total. The molecule has 0 unspecified atom stereocenters. The van der Waals surface area contributed by atoms with E-state index < -0.39 is 0 Å². The predicted octanol–water partition coefficient (Wildman–Crippen LogP) is 1.89. The number of fused-ring (bicyclic) bond motifs is 1. The van der Waals surface area contributed by atoms with E-state index in [1.54, 1.807) is 10.9 Å². The molecule has 0 amide bonds. The summed E-state index contributed by atoms with van der Waals surface area (Å²) in [6.07, 6.45) is 6.77. The maximum atomic E-state index is 4.65. The number of nitrogens with zero attached hydrogens (tertiary/aromatic N) is 8. The average molecular weight is 338 g/mol. The number of hydrogen-bond donors (Lipinski definition) is 0. The molecule has 8 nitrogen and oxygen atoms in total. The molecule has 0 radical (unpaired) electrons. The van der Waals surface area contributed by atoms with Gasteiger partial charge < -0.3 is 4.90 Å². The number of aryl methyl sites for hydroxylation is 3. The normalized spacial score (nSPS) is 18.1. The fourth-order valence-electron chi connectivity index (χ4n) is 3.11. The third kappa shape index (κ3) is 2.88. The van der Waals surface area contributed by atoms with E-state index in [2.05, 4.69) is 37.0 Å². The van der Waals surface area contributed by atoms with Crippen molar-refractivity contribution in [2.24, 2.45) is 13.0 Å². The molecule has 0 aromatic carbocycles. The number of rotatable bonds is 3. The van der Waals surface area contributed by atoms with E-state index in [4.69, 9.17) is 0 Å². The van der Waals surface area contributed by atoms with E-state index in [1.807, 2.05) is 37.6 Å². The summed E-state index contributed by atoms with van der Waals surface area (Å²) in [5, 5.41) is 9.06.